The third-order valence-electron chi connectivity index (χ3n) is 2.46. The van der Waals surface area contributed by atoms with Crippen LogP contribution in [-0.2, 0) is 0 Å². The number of hydrogen-bond acceptors (Lipinski definition) is 2. The standard InChI is InChI=1S/C7H15NO.ClH/c1-6-7(5-9)3-4-8(6)2;/h6-7,9H,3-5H2,1-2H3;1H. The van der Waals surface area contributed by atoms with E-state index in [1.807, 2.05) is 0 Å². The van der Waals surface area contributed by atoms with Gasteiger partial charge in [0.15, 0.2) is 0 Å². The number of likely N-dealkylation sites (tertiary alicyclic amines) is 1. The molecule has 0 spiro atoms. The minimum atomic E-state index is 0. The molecule has 62 valence electrons. The van der Waals surface area contributed by atoms with Crippen LogP contribution >= 0.6 is 12.4 Å². The molecular formula is C7H16ClNO. The Balaban J connectivity index is 0.000000810. The molecule has 0 aromatic rings. The van der Waals surface area contributed by atoms with Crippen LogP contribution in [0.3, 0.4) is 0 Å². The van der Waals surface area contributed by atoms with Gasteiger partial charge in [-0.15, -0.1) is 12.4 Å². The second-order valence-electron chi connectivity index (χ2n) is 2.95. The van der Waals surface area contributed by atoms with E-state index in [9.17, 15) is 0 Å². The molecule has 1 saturated heterocycles. The zero-order valence-corrected chi connectivity index (χ0v) is 7.40. The van der Waals surface area contributed by atoms with Crippen LogP contribution in [0, 0.1) is 5.92 Å². The highest BCUT2D eigenvalue weighted by Gasteiger charge is 2.26. The van der Waals surface area contributed by atoms with Crippen molar-refractivity contribution in [1.29, 1.82) is 0 Å². The van der Waals surface area contributed by atoms with Crippen molar-refractivity contribution in [3.8, 4) is 0 Å². The molecule has 2 unspecified atom stereocenters. The fourth-order valence-electron chi connectivity index (χ4n) is 1.42. The molecule has 0 aliphatic carbocycles. The highest BCUT2D eigenvalue weighted by Crippen LogP contribution is 2.20. The second kappa shape index (κ2) is 4.16. The van der Waals surface area contributed by atoms with E-state index in [1.165, 1.54) is 0 Å². The van der Waals surface area contributed by atoms with E-state index in [4.69, 9.17) is 5.11 Å². The summed E-state index contributed by atoms with van der Waals surface area (Å²) in [7, 11) is 2.11. The Bertz CT molecular complexity index is 99.6. The van der Waals surface area contributed by atoms with Crippen molar-refractivity contribution in [1.82, 2.24) is 4.90 Å². The highest BCUT2D eigenvalue weighted by atomic mass is 35.5. The van der Waals surface area contributed by atoms with E-state index in [0.717, 1.165) is 13.0 Å². The summed E-state index contributed by atoms with van der Waals surface area (Å²) in [6.45, 7) is 3.67. The average molecular weight is 166 g/mol. The molecule has 1 rings (SSSR count). The Morgan fingerprint density at radius 3 is 2.40 bits per heavy atom. The summed E-state index contributed by atoms with van der Waals surface area (Å²) < 4.78 is 0. The van der Waals surface area contributed by atoms with Gasteiger partial charge in [0.25, 0.3) is 0 Å². The van der Waals surface area contributed by atoms with Crippen molar-refractivity contribution in [3.05, 3.63) is 0 Å². The van der Waals surface area contributed by atoms with Crippen LogP contribution in [0.4, 0.5) is 0 Å². The zero-order chi connectivity index (χ0) is 6.85. The molecule has 1 fully saturated rings. The normalized spacial score (nSPS) is 33.9. The van der Waals surface area contributed by atoms with Crippen LogP contribution in [-0.4, -0.2) is 36.2 Å². The summed E-state index contributed by atoms with van der Waals surface area (Å²) in [5, 5.41) is 8.83. The third-order valence-corrected chi connectivity index (χ3v) is 2.46. The number of aliphatic hydroxyl groups excluding tert-OH is 1. The van der Waals surface area contributed by atoms with E-state index >= 15 is 0 Å². The molecule has 2 nitrogen and oxygen atoms in total. The van der Waals surface area contributed by atoms with Gasteiger partial charge < -0.3 is 10.0 Å². The van der Waals surface area contributed by atoms with Gasteiger partial charge in [-0.05, 0) is 32.9 Å². The lowest BCUT2D eigenvalue weighted by Crippen LogP contribution is -2.27. The first-order valence-corrected chi connectivity index (χ1v) is 3.57. The molecule has 1 aliphatic rings. The average Bonchev–Trinajstić information content (AvgIpc) is 2.15. The number of aliphatic hydroxyl groups is 1. The first kappa shape index (κ1) is 10.2. The maximum Gasteiger partial charge on any atom is 0.0474 e. The van der Waals surface area contributed by atoms with Crippen molar-refractivity contribution in [3.63, 3.8) is 0 Å². The summed E-state index contributed by atoms with van der Waals surface area (Å²) in [5.41, 5.74) is 0. The van der Waals surface area contributed by atoms with E-state index < -0.39 is 0 Å². The lowest BCUT2D eigenvalue weighted by molar-refractivity contribution is 0.191. The van der Waals surface area contributed by atoms with Crippen molar-refractivity contribution < 1.29 is 5.11 Å². The maximum atomic E-state index is 8.83. The summed E-state index contributed by atoms with van der Waals surface area (Å²) in [6, 6.07) is 0.579. The number of rotatable bonds is 1. The van der Waals surface area contributed by atoms with Gasteiger partial charge in [-0.1, -0.05) is 0 Å². The molecule has 10 heavy (non-hydrogen) atoms. The van der Waals surface area contributed by atoms with Crippen LogP contribution in [0.15, 0.2) is 0 Å². The van der Waals surface area contributed by atoms with Gasteiger partial charge in [0.1, 0.15) is 0 Å². The van der Waals surface area contributed by atoms with E-state index in [2.05, 4.69) is 18.9 Å². The van der Waals surface area contributed by atoms with E-state index in [0.29, 0.717) is 18.6 Å². The van der Waals surface area contributed by atoms with Crippen molar-refractivity contribution >= 4 is 12.4 Å². The Kier molecular flexibility index (Phi) is 4.25. The molecule has 0 bridgehead atoms. The predicted octanol–water partition coefficient (Wildman–Crippen LogP) is 0.741. The molecule has 0 aromatic heterocycles. The molecule has 1 N–H and O–H groups in total. The number of nitrogens with zero attached hydrogens (tertiary/aromatic N) is 1. The summed E-state index contributed by atoms with van der Waals surface area (Å²) in [4.78, 5) is 2.29. The first-order valence-electron chi connectivity index (χ1n) is 3.57. The lowest BCUT2D eigenvalue weighted by atomic mass is 10.0. The van der Waals surface area contributed by atoms with Crippen molar-refractivity contribution in [2.45, 2.75) is 19.4 Å². The Labute approximate surface area is 68.6 Å². The molecule has 3 heteroatoms. The molecule has 0 saturated carbocycles. The van der Waals surface area contributed by atoms with Crippen LogP contribution < -0.4 is 0 Å². The fraction of sp³-hybridized carbons (Fsp3) is 1.00. The van der Waals surface area contributed by atoms with Crippen LogP contribution in [0.1, 0.15) is 13.3 Å². The molecule has 0 aromatic carbocycles. The van der Waals surface area contributed by atoms with Gasteiger partial charge in [0, 0.05) is 12.6 Å². The highest BCUT2D eigenvalue weighted by molar-refractivity contribution is 5.85. The zero-order valence-electron chi connectivity index (χ0n) is 6.58. The molecular weight excluding hydrogens is 150 g/mol. The van der Waals surface area contributed by atoms with Crippen LogP contribution in [0.25, 0.3) is 0 Å². The second-order valence-corrected chi connectivity index (χ2v) is 2.95. The minimum Gasteiger partial charge on any atom is -0.396 e. The molecule has 0 amide bonds. The molecule has 1 heterocycles. The Morgan fingerprint density at radius 1 is 1.60 bits per heavy atom. The van der Waals surface area contributed by atoms with E-state index in [-0.39, 0.29) is 12.4 Å². The summed E-state index contributed by atoms with van der Waals surface area (Å²) in [6.07, 6.45) is 1.16. The number of halogens is 1. The summed E-state index contributed by atoms with van der Waals surface area (Å²) in [5.74, 6) is 0.523. The van der Waals surface area contributed by atoms with Crippen LogP contribution in [0.5, 0.6) is 0 Å². The largest absolute Gasteiger partial charge is 0.396 e. The SMILES string of the molecule is CC1C(CO)CCN1C.Cl. The lowest BCUT2D eigenvalue weighted by Gasteiger charge is -2.17. The van der Waals surface area contributed by atoms with Gasteiger partial charge in [-0.25, -0.2) is 0 Å². The fourth-order valence-corrected chi connectivity index (χ4v) is 1.42. The number of hydrogen-bond donors (Lipinski definition) is 1. The quantitative estimate of drug-likeness (QED) is 0.620. The maximum absolute atomic E-state index is 8.83. The predicted molar refractivity (Wildman–Crippen MR) is 44.5 cm³/mol. The topological polar surface area (TPSA) is 23.5 Å². The van der Waals surface area contributed by atoms with Crippen molar-refractivity contribution in [2.24, 2.45) is 5.92 Å². The summed E-state index contributed by atoms with van der Waals surface area (Å²) >= 11 is 0. The Hall–Kier alpha value is 0.210. The molecule has 2 atom stereocenters. The van der Waals surface area contributed by atoms with Gasteiger partial charge >= 0.3 is 0 Å². The smallest absolute Gasteiger partial charge is 0.0474 e. The van der Waals surface area contributed by atoms with Crippen LogP contribution in [0.2, 0.25) is 0 Å². The minimum absolute atomic E-state index is 0. The molecule has 0 radical (unpaired) electrons. The van der Waals surface area contributed by atoms with E-state index in [1.54, 1.807) is 0 Å². The van der Waals surface area contributed by atoms with Gasteiger partial charge in [-0.2, -0.15) is 0 Å². The van der Waals surface area contributed by atoms with Crippen molar-refractivity contribution in [2.75, 3.05) is 20.2 Å². The van der Waals surface area contributed by atoms with Gasteiger partial charge in [0.05, 0.1) is 0 Å². The monoisotopic (exact) mass is 165 g/mol. The van der Waals surface area contributed by atoms with Gasteiger partial charge in [-0.3, -0.25) is 0 Å². The Morgan fingerprint density at radius 2 is 2.20 bits per heavy atom. The molecule has 1 aliphatic heterocycles. The first-order chi connectivity index (χ1) is 4.25. The van der Waals surface area contributed by atoms with Gasteiger partial charge in [0.2, 0.25) is 0 Å². The third kappa shape index (κ3) is 1.84.